The maximum atomic E-state index is 10.9. The molecule has 1 aliphatic carbocycles. The van der Waals surface area contributed by atoms with E-state index in [2.05, 4.69) is 24.2 Å². The number of hydrogen-bond acceptors (Lipinski definition) is 3. The highest BCUT2D eigenvalue weighted by molar-refractivity contribution is 5.72. The topological polar surface area (TPSA) is 52.6 Å². The summed E-state index contributed by atoms with van der Waals surface area (Å²) in [6, 6.07) is 1.34. The zero-order valence-corrected chi connectivity index (χ0v) is 10.1. The van der Waals surface area contributed by atoms with E-state index >= 15 is 0 Å². The lowest BCUT2D eigenvalue weighted by Gasteiger charge is -2.41. The molecule has 1 aliphatic heterocycles. The molecule has 1 saturated carbocycles. The fraction of sp³-hybridized carbons (Fsp3) is 0.917. The molecule has 2 rings (SSSR count). The molecule has 4 unspecified atom stereocenters. The maximum absolute atomic E-state index is 10.9. The van der Waals surface area contributed by atoms with Gasteiger partial charge >= 0.3 is 5.97 Å². The van der Waals surface area contributed by atoms with Gasteiger partial charge in [0.15, 0.2) is 0 Å². The van der Waals surface area contributed by atoms with Crippen LogP contribution in [0.4, 0.5) is 0 Å². The molecule has 0 aromatic rings. The van der Waals surface area contributed by atoms with Crippen molar-refractivity contribution in [2.24, 2.45) is 5.92 Å². The van der Waals surface area contributed by atoms with E-state index < -0.39 is 5.97 Å². The van der Waals surface area contributed by atoms with E-state index in [-0.39, 0.29) is 12.0 Å². The van der Waals surface area contributed by atoms with Crippen LogP contribution in [-0.2, 0) is 4.79 Å². The molecule has 0 spiro atoms. The normalized spacial score (nSPS) is 40.4. The monoisotopic (exact) mass is 226 g/mol. The fourth-order valence-electron chi connectivity index (χ4n) is 2.74. The summed E-state index contributed by atoms with van der Waals surface area (Å²) in [5.41, 5.74) is 0. The molecule has 2 aliphatic rings. The van der Waals surface area contributed by atoms with Crippen molar-refractivity contribution in [1.82, 2.24) is 10.2 Å². The lowest BCUT2D eigenvalue weighted by molar-refractivity contribution is -0.146. The third kappa shape index (κ3) is 2.38. The van der Waals surface area contributed by atoms with E-state index in [4.69, 9.17) is 5.11 Å². The predicted molar refractivity (Wildman–Crippen MR) is 62.4 cm³/mol. The van der Waals surface area contributed by atoms with Crippen LogP contribution in [0.1, 0.15) is 32.6 Å². The number of hydrogen-bond donors (Lipinski definition) is 2. The summed E-state index contributed by atoms with van der Waals surface area (Å²) >= 11 is 0. The van der Waals surface area contributed by atoms with Gasteiger partial charge in [0.05, 0.1) is 5.92 Å². The Kier molecular flexibility index (Phi) is 3.50. The number of aliphatic carboxylic acids is 1. The quantitative estimate of drug-likeness (QED) is 0.751. The van der Waals surface area contributed by atoms with Gasteiger partial charge in [0, 0.05) is 18.1 Å². The SMILES string of the molecule is CC1CC(NC2CCC2C(=O)O)CCN1C. The molecule has 1 saturated heterocycles. The first-order valence-electron chi connectivity index (χ1n) is 6.27. The molecule has 0 aromatic heterocycles. The number of nitrogens with zero attached hydrogens (tertiary/aromatic N) is 1. The highest BCUT2D eigenvalue weighted by Crippen LogP contribution is 2.29. The van der Waals surface area contributed by atoms with E-state index in [0.717, 1.165) is 32.2 Å². The van der Waals surface area contributed by atoms with Crippen molar-refractivity contribution in [2.45, 2.75) is 50.7 Å². The van der Waals surface area contributed by atoms with Gasteiger partial charge < -0.3 is 15.3 Å². The number of carbonyl (C=O) groups is 1. The first-order valence-corrected chi connectivity index (χ1v) is 6.27. The number of carboxylic acids is 1. The van der Waals surface area contributed by atoms with E-state index in [1.165, 1.54) is 0 Å². The van der Waals surface area contributed by atoms with Gasteiger partial charge in [-0.2, -0.15) is 0 Å². The summed E-state index contributed by atoms with van der Waals surface area (Å²) < 4.78 is 0. The summed E-state index contributed by atoms with van der Waals surface area (Å²) in [5, 5.41) is 12.5. The fourth-order valence-corrected chi connectivity index (χ4v) is 2.74. The van der Waals surface area contributed by atoms with Crippen molar-refractivity contribution < 1.29 is 9.90 Å². The highest BCUT2D eigenvalue weighted by atomic mass is 16.4. The zero-order valence-electron chi connectivity index (χ0n) is 10.1. The number of piperidine rings is 1. The van der Waals surface area contributed by atoms with Gasteiger partial charge in [-0.1, -0.05) is 0 Å². The van der Waals surface area contributed by atoms with Gasteiger partial charge in [0.1, 0.15) is 0 Å². The molecule has 2 N–H and O–H groups in total. The second kappa shape index (κ2) is 4.72. The molecule has 16 heavy (non-hydrogen) atoms. The minimum Gasteiger partial charge on any atom is -0.481 e. The molecule has 4 nitrogen and oxygen atoms in total. The van der Waals surface area contributed by atoms with Crippen LogP contribution in [0.5, 0.6) is 0 Å². The first kappa shape index (κ1) is 11.9. The number of carboxylic acid groups (broad SMARTS) is 1. The summed E-state index contributed by atoms with van der Waals surface area (Å²) in [6.07, 6.45) is 4.15. The minimum atomic E-state index is -0.635. The average molecular weight is 226 g/mol. The lowest BCUT2D eigenvalue weighted by Crippen LogP contribution is -2.55. The Hall–Kier alpha value is -0.610. The molecule has 4 atom stereocenters. The third-order valence-corrected chi connectivity index (χ3v) is 4.25. The summed E-state index contributed by atoms with van der Waals surface area (Å²) in [4.78, 5) is 13.3. The zero-order chi connectivity index (χ0) is 11.7. The Balaban J connectivity index is 1.80. The van der Waals surface area contributed by atoms with Crippen LogP contribution < -0.4 is 5.32 Å². The van der Waals surface area contributed by atoms with Crippen LogP contribution in [0.2, 0.25) is 0 Å². The van der Waals surface area contributed by atoms with Gasteiger partial charge in [-0.15, -0.1) is 0 Å². The van der Waals surface area contributed by atoms with Crippen molar-refractivity contribution in [3.8, 4) is 0 Å². The maximum Gasteiger partial charge on any atom is 0.308 e. The van der Waals surface area contributed by atoms with E-state index in [1.54, 1.807) is 0 Å². The molecular formula is C12H22N2O2. The standard InChI is InChI=1S/C12H22N2O2/c1-8-7-9(5-6-14(8)2)13-11-4-3-10(11)12(15)16/h8-11,13H,3-7H2,1-2H3,(H,15,16). The predicted octanol–water partition coefficient (Wildman–Crippen LogP) is 0.922. The summed E-state index contributed by atoms with van der Waals surface area (Å²) in [7, 11) is 2.16. The van der Waals surface area contributed by atoms with Gasteiger partial charge in [0.25, 0.3) is 0 Å². The lowest BCUT2D eigenvalue weighted by atomic mass is 9.78. The Labute approximate surface area is 97.0 Å². The van der Waals surface area contributed by atoms with Crippen LogP contribution in [0.3, 0.4) is 0 Å². The number of likely N-dealkylation sites (tertiary alicyclic amines) is 1. The first-order chi connectivity index (χ1) is 7.58. The molecule has 1 heterocycles. The largest absolute Gasteiger partial charge is 0.481 e. The van der Waals surface area contributed by atoms with Gasteiger partial charge in [0.2, 0.25) is 0 Å². The van der Waals surface area contributed by atoms with Crippen LogP contribution in [0, 0.1) is 5.92 Å². The number of rotatable bonds is 3. The Morgan fingerprint density at radius 1 is 1.38 bits per heavy atom. The molecule has 0 amide bonds. The smallest absolute Gasteiger partial charge is 0.308 e. The Morgan fingerprint density at radius 2 is 2.12 bits per heavy atom. The summed E-state index contributed by atoms with van der Waals surface area (Å²) in [6.45, 7) is 3.35. The van der Waals surface area contributed by atoms with Gasteiger partial charge in [-0.25, -0.2) is 0 Å². The Bertz CT molecular complexity index is 270. The molecule has 0 aromatic carbocycles. The highest BCUT2D eigenvalue weighted by Gasteiger charge is 2.38. The van der Waals surface area contributed by atoms with Crippen LogP contribution in [0.25, 0.3) is 0 Å². The third-order valence-electron chi connectivity index (χ3n) is 4.25. The van der Waals surface area contributed by atoms with Crippen LogP contribution >= 0.6 is 0 Å². The second-order valence-corrected chi connectivity index (χ2v) is 5.35. The van der Waals surface area contributed by atoms with E-state index in [0.29, 0.717) is 12.1 Å². The molecular weight excluding hydrogens is 204 g/mol. The molecule has 2 fully saturated rings. The molecule has 4 heteroatoms. The second-order valence-electron chi connectivity index (χ2n) is 5.35. The van der Waals surface area contributed by atoms with Crippen molar-refractivity contribution in [1.29, 1.82) is 0 Å². The van der Waals surface area contributed by atoms with Gasteiger partial charge in [-0.3, -0.25) is 4.79 Å². The molecule has 0 radical (unpaired) electrons. The molecule has 0 bridgehead atoms. The van der Waals surface area contributed by atoms with Crippen LogP contribution in [0.15, 0.2) is 0 Å². The minimum absolute atomic E-state index is 0.144. The van der Waals surface area contributed by atoms with Gasteiger partial charge in [-0.05, 0) is 46.2 Å². The average Bonchev–Trinajstić information content (AvgIpc) is 2.17. The van der Waals surface area contributed by atoms with Crippen molar-refractivity contribution in [2.75, 3.05) is 13.6 Å². The van der Waals surface area contributed by atoms with Crippen molar-refractivity contribution in [3.05, 3.63) is 0 Å². The number of nitrogens with one attached hydrogen (secondary N) is 1. The van der Waals surface area contributed by atoms with Crippen LogP contribution in [-0.4, -0.2) is 47.7 Å². The van der Waals surface area contributed by atoms with E-state index in [1.807, 2.05) is 0 Å². The van der Waals surface area contributed by atoms with Crippen molar-refractivity contribution >= 4 is 5.97 Å². The summed E-state index contributed by atoms with van der Waals surface area (Å²) in [5.74, 6) is -0.778. The van der Waals surface area contributed by atoms with Crippen molar-refractivity contribution in [3.63, 3.8) is 0 Å². The van der Waals surface area contributed by atoms with E-state index in [9.17, 15) is 4.79 Å². The molecule has 92 valence electrons. The Morgan fingerprint density at radius 3 is 2.62 bits per heavy atom.